The molecule has 176 valence electrons. The molecule has 1 N–H and O–H groups in total. The van der Waals surface area contributed by atoms with Crippen LogP contribution >= 0.6 is 0 Å². The van der Waals surface area contributed by atoms with Crippen molar-refractivity contribution in [2.45, 2.75) is 5.92 Å². The highest BCUT2D eigenvalue weighted by Gasteiger charge is 2.34. The van der Waals surface area contributed by atoms with E-state index in [4.69, 9.17) is 9.47 Å². The fourth-order valence-electron chi connectivity index (χ4n) is 4.65. The number of benzene rings is 4. The van der Waals surface area contributed by atoms with Crippen LogP contribution in [0.2, 0.25) is 0 Å². The predicted molar refractivity (Wildman–Crippen MR) is 136 cm³/mol. The van der Waals surface area contributed by atoms with Gasteiger partial charge in [0.05, 0.1) is 17.6 Å². The lowest BCUT2D eigenvalue weighted by atomic mass is 9.82. The molecule has 0 aliphatic carbocycles. The van der Waals surface area contributed by atoms with Crippen molar-refractivity contribution >= 4 is 28.0 Å². The maximum absolute atomic E-state index is 11.6. The van der Waals surface area contributed by atoms with Crippen molar-refractivity contribution in [1.82, 2.24) is 9.97 Å². The van der Waals surface area contributed by atoms with E-state index in [9.17, 15) is 10.1 Å². The number of hydrogen-bond acceptors (Lipinski definition) is 7. The van der Waals surface area contributed by atoms with Gasteiger partial charge in [-0.1, -0.05) is 48.5 Å². The minimum absolute atomic E-state index is 0.0180. The minimum Gasteiger partial charge on any atom is -0.497 e. The van der Waals surface area contributed by atoms with Gasteiger partial charge in [-0.25, -0.2) is 9.97 Å². The van der Waals surface area contributed by atoms with Gasteiger partial charge >= 0.3 is 0 Å². The summed E-state index contributed by atoms with van der Waals surface area (Å²) in [5, 5.41) is 16.9. The molecule has 0 spiro atoms. The monoisotopic (exact) mass is 476 g/mol. The van der Waals surface area contributed by atoms with Gasteiger partial charge < -0.3 is 14.8 Å². The maximum Gasteiger partial charge on any atom is 0.269 e. The number of nitrogens with zero attached hydrogens (tertiary/aromatic N) is 3. The van der Waals surface area contributed by atoms with Crippen molar-refractivity contribution in [1.29, 1.82) is 0 Å². The van der Waals surface area contributed by atoms with Gasteiger partial charge in [0.1, 0.15) is 23.6 Å². The van der Waals surface area contributed by atoms with Crippen molar-refractivity contribution in [3.8, 4) is 17.4 Å². The summed E-state index contributed by atoms with van der Waals surface area (Å²) < 4.78 is 11.7. The van der Waals surface area contributed by atoms with Crippen molar-refractivity contribution in [2.75, 3.05) is 12.4 Å². The van der Waals surface area contributed by atoms with Crippen molar-refractivity contribution < 1.29 is 14.4 Å². The third kappa shape index (κ3) is 3.65. The standard InChI is InChI=1S/C28H20N4O4/c1-35-21-12-10-19(11-13-21)31-27-25-24(18-6-4-7-20(15-18)32(33)34)23-14-9-17-5-2-3-8-22(17)26(23)36-28(25)30-16-29-27/h2-16,24H,1H3,(H,29,30,31). The number of ether oxygens (including phenoxy) is 2. The predicted octanol–water partition coefficient (Wildman–Crippen LogP) is 6.58. The van der Waals surface area contributed by atoms with Crippen LogP contribution in [-0.2, 0) is 0 Å². The zero-order valence-corrected chi connectivity index (χ0v) is 19.2. The van der Waals surface area contributed by atoms with Gasteiger partial charge in [-0.15, -0.1) is 0 Å². The van der Waals surface area contributed by atoms with E-state index in [1.54, 1.807) is 19.2 Å². The van der Waals surface area contributed by atoms with Gasteiger partial charge in [0.2, 0.25) is 5.88 Å². The van der Waals surface area contributed by atoms with Gasteiger partial charge in [0.25, 0.3) is 5.69 Å². The first kappa shape index (κ1) is 21.5. The first-order valence-corrected chi connectivity index (χ1v) is 11.3. The number of anilines is 2. The number of methoxy groups -OCH3 is 1. The zero-order valence-electron chi connectivity index (χ0n) is 19.2. The van der Waals surface area contributed by atoms with Crippen molar-refractivity contribution in [3.63, 3.8) is 0 Å². The Morgan fingerprint density at radius 2 is 1.81 bits per heavy atom. The van der Waals surface area contributed by atoms with Crippen molar-refractivity contribution in [3.05, 3.63) is 118 Å². The molecule has 1 atom stereocenters. The summed E-state index contributed by atoms with van der Waals surface area (Å²) in [4.78, 5) is 20.2. The summed E-state index contributed by atoms with van der Waals surface area (Å²) in [7, 11) is 1.62. The molecule has 2 heterocycles. The number of nitrogens with one attached hydrogen (secondary N) is 1. The first-order chi connectivity index (χ1) is 17.6. The number of fused-ring (bicyclic) bond motifs is 4. The Kier molecular flexibility index (Phi) is 5.19. The van der Waals surface area contributed by atoms with Crippen LogP contribution in [0.1, 0.15) is 22.6 Å². The Bertz CT molecular complexity index is 1620. The van der Waals surface area contributed by atoms with E-state index in [0.29, 0.717) is 23.0 Å². The lowest BCUT2D eigenvalue weighted by Crippen LogP contribution is -2.16. The molecule has 0 saturated heterocycles. The van der Waals surface area contributed by atoms with Crippen LogP contribution in [0.5, 0.6) is 17.4 Å². The van der Waals surface area contributed by atoms with Crippen LogP contribution in [0.3, 0.4) is 0 Å². The molecular weight excluding hydrogens is 456 g/mol. The first-order valence-electron chi connectivity index (χ1n) is 11.3. The normalized spacial score (nSPS) is 13.9. The summed E-state index contributed by atoms with van der Waals surface area (Å²) in [6.45, 7) is 0. The SMILES string of the molecule is COc1ccc(Nc2ncnc3c2C(c2cccc([N+](=O)[O-])c2)c2ccc4ccccc4c2O3)cc1. The van der Waals surface area contributed by atoms with E-state index in [1.807, 2.05) is 66.7 Å². The van der Waals surface area contributed by atoms with Gasteiger partial charge in [0.15, 0.2) is 0 Å². The van der Waals surface area contributed by atoms with Crippen LogP contribution < -0.4 is 14.8 Å². The van der Waals surface area contributed by atoms with Gasteiger partial charge in [-0.2, -0.15) is 0 Å². The smallest absolute Gasteiger partial charge is 0.269 e. The summed E-state index contributed by atoms with van der Waals surface area (Å²) in [5.74, 6) is 1.99. The molecule has 8 nitrogen and oxygen atoms in total. The molecular formula is C28H20N4O4. The third-order valence-electron chi connectivity index (χ3n) is 6.32. The molecule has 1 aliphatic heterocycles. The number of aromatic nitrogens is 2. The molecule has 1 aliphatic rings. The van der Waals surface area contributed by atoms with Crippen LogP contribution in [-0.4, -0.2) is 22.0 Å². The van der Waals surface area contributed by atoms with Gasteiger partial charge in [0, 0.05) is 34.7 Å². The number of nitro benzene ring substituents is 1. The molecule has 1 aromatic heterocycles. The van der Waals surface area contributed by atoms with Gasteiger partial charge in [-0.05, 0) is 35.2 Å². The lowest BCUT2D eigenvalue weighted by molar-refractivity contribution is -0.384. The fourth-order valence-corrected chi connectivity index (χ4v) is 4.65. The Morgan fingerprint density at radius 3 is 2.61 bits per heavy atom. The Balaban J connectivity index is 1.56. The molecule has 0 fully saturated rings. The van der Waals surface area contributed by atoms with Gasteiger partial charge in [-0.3, -0.25) is 10.1 Å². The molecule has 8 heteroatoms. The summed E-state index contributed by atoms with van der Waals surface area (Å²) in [6, 6.07) is 26.2. The zero-order chi connectivity index (χ0) is 24.6. The largest absolute Gasteiger partial charge is 0.497 e. The van der Waals surface area contributed by atoms with Crippen molar-refractivity contribution in [2.24, 2.45) is 0 Å². The van der Waals surface area contributed by atoms with E-state index < -0.39 is 5.92 Å². The average molecular weight is 476 g/mol. The molecule has 4 aromatic carbocycles. The Labute approximate surface area is 206 Å². The van der Waals surface area contributed by atoms with Crippen LogP contribution in [0.15, 0.2) is 91.3 Å². The second-order valence-electron chi connectivity index (χ2n) is 8.39. The van der Waals surface area contributed by atoms with E-state index >= 15 is 0 Å². The van der Waals surface area contributed by atoms with Crippen LogP contribution in [0.4, 0.5) is 17.2 Å². The molecule has 0 bridgehead atoms. The number of non-ortho nitro benzene ring substituents is 1. The van der Waals surface area contributed by atoms with E-state index in [1.165, 1.54) is 12.4 Å². The number of hydrogen-bond donors (Lipinski definition) is 1. The second kappa shape index (κ2) is 8.66. The molecule has 5 aromatic rings. The topological polar surface area (TPSA) is 99.4 Å². The third-order valence-corrected chi connectivity index (χ3v) is 6.32. The molecule has 0 radical (unpaired) electrons. The average Bonchev–Trinajstić information content (AvgIpc) is 2.92. The molecule has 0 amide bonds. The number of rotatable bonds is 5. The minimum atomic E-state index is -0.393. The molecule has 1 unspecified atom stereocenters. The highest BCUT2D eigenvalue weighted by atomic mass is 16.6. The second-order valence-corrected chi connectivity index (χ2v) is 8.39. The summed E-state index contributed by atoms with van der Waals surface area (Å²) in [6.07, 6.45) is 1.45. The van der Waals surface area contributed by atoms with Crippen LogP contribution in [0, 0.1) is 10.1 Å². The lowest BCUT2D eigenvalue weighted by Gasteiger charge is -2.30. The Morgan fingerprint density at radius 1 is 0.972 bits per heavy atom. The van der Waals surface area contributed by atoms with Crippen LogP contribution in [0.25, 0.3) is 10.8 Å². The highest BCUT2D eigenvalue weighted by molar-refractivity contribution is 5.91. The fraction of sp³-hybridized carbons (Fsp3) is 0.0714. The van der Waals surface area contributed by atoms with E-state index in [-0.39, 0.29) is 10.6 Å². The summed E-state index contributed by atoms with van der Waals surface area (Å²) >= 11 is 0. The quantitative estimate of drug-likeness (QED) is 0.222. The Hall–Kier alpha value is -4.98. The molecule has 6 rings (SSSR count). The summed E-state index contributed by atoms with van der Waals surface area (Å²) in [5.41, 5.74) is 3.16. The maximum atomic E-state index is 11.6. The molecule has 0 saturated carbocycles. The molecule has 36 heavy (non-hydrogen) atoms. The number of nitro groups is 1. The highest BCUT2D eigenvalue weighted by Crippen LogP contribution is 2.51. The van der Waals surface area contributed by atoms with E-state index in [2.05, 4.69) is 15.3 Å². The van der Waals surface area contributed by atoms with E-state index in [0.717, 1.165) is 33.3 Å².